The number of piperidine rings is 2. The minimum Gasteiger partial charge on any atom is -0.458 e. The normalized spacial score (nSPS) is 26.2. The second kappa shape index (κ2) is 28.8. The first-order chi connectivity index (χ1) is 43.1. The van der Waals surface area contributed by atoms with Crippen molar-refractivity contribution >= 4 is 87.8 Å². The summed E-state index contributed by atoms with van der Waals surface area (Å²) in [5.41, 5.74) is 3.60. The van der Waals surface area contributed by atoms with Gasteiger partial charge in [0.05, 0.1) is 29.9 Å². The van der Waals surface area contributed by atoms with Gasteiger partial charge in [-0.05, 0) is 102 Å². The molecule has 6 N–H and O–H groups in total. The molecule has 6 aliphatic rings. The highest BCUT2D eigenvalue weighted by Crippen LogP contribution is 2.35. The van der Waals surface area contributed by atoms with Crippen molar-refractivity contribution < 1.29 is 71.4 Å². The van der Waals surface area contributed by atoms with E-state index in [1.54, 1.807) is 62.3 Å². The van der Waals surface area contributed by atoms with Crippen molar-refractivity contribution in [1.29, 1.82) is 0 Å². The predicted octanol–water partition coefficient (Wildman–Crippen LogP) is 1.51. The van der Waals surface area contributed by atoms with E-state index in [4.69, 9.17) is 24.6 Å². The number of nitrogens with zero attached hydrogens (tertiary/aromatic N) is 7. The fourth-order valence-electron chi connectivity index (χ4n) is 12.6. The van der Waals surface area contributed by atoms with Gasteiger partial charge in [-0.1, -0.05) is 61.5 Å². The minimum absolute atomic E-state index is 0.0748. The molecule has 10 amide bonds. The number of aromatic nitrogens is 1. The van der Waals surface area contributed by atoms with E-state index in [9.17, 15) is 52.7 Å². The Bertz CT molecular complexity index is 3450. The zero-order valence-electron chi connectivity index (χ0n) is 55.5. The van der Waals surface area contributed by atoms with E-state index < -0.39 is 191 Å². The maximum absolute atomic E-state index is 15.2. The lowest BCUT2D eigenvalue weighted by atomic mass is 9.95. The van der Waals surface area contributed by atoms with Gasteiger partial charge in [0.1, 0.15) is 71.8 Å². The van der Waals surface area contributed by atoms with Crippen molar-refractivity contribution in [2.24, 2.45) is 23.7 Å². The van der Waals surface area contributed by atoms with Crippen molar-refractivity contribution in [2.45, 2.75) is 182 Å². The molecule has 4 fully saturated rings. The summed E-state index contributed by atoms with van der Waals surface area (Å²) in [4.78, 5) is 201. The van der Waals surface area contributed by atoms with Crippen LogP contribution in [0.1, 0.15) is 140 Å². The topological polar surface area (TPSA) is 360 Å². The molecule has 502 valence electrons. The van der Waals surface area contributed by atoms with E-state index >= 15 is 9.59 Å². The summed E-state index contributed by atoms with van der Waals surface area (Å²) < 4.78 is 18.4. The largest absolute Gasteiger partial charge is 0.458 e. The second-order valence-corrected chi connectivity index (χ2v) is 26.3. The van der Waals surface area contributed by atoms with Crippen LogP contribution < -0.4 is 32.4 Å². The number of aryl methyl sites for hydroxylation is 1. The van der Waals surface area contributed by atoms with Crippen LogP contribution in [0.5, 0.6) is 0 Å². The smallest absolute Gasteiger partial charge is 0.329 e. The van der Waals surface area contributed by atoms with Crippen molar-refractivity contribution in [3.05, 3.63) is 44.6 Å². The van der Waals surface area contributed by atoms with Gasteiger partial charge >= 0.3 is 11.9 Å². The third kappa shape index (κ3) is 14.5. The first-order valence-corrected chi connectivity index (χ1v) is 31.5. The number of amides is 10. The number of nitrogens with one attached hydrogen (secondary N) is 4. The number of cyclic esters (lactones) is 2. The first kappa shape index (κ1) is 70.7. The standard InChI is InChI=1S/C64H90N12O16/c1-29(2)44-61(86)75-25-19-17-21-38(75)59(84)71(13)27-40(77)73(15)50(31(5)6)63(88)90-35(11)46(57(82)67-44)69-55(80)37-24-23-33(9)53-48(37)66-49-42(43(65)52(79)34(10)54(49)92-53)56(81)70-47-36(12)91-64(89)51(32(7)8)74(16)41(78)28-72(14)60(85)39-22-18-20-26-76(39)62(87)45(30(3)4)68-58(47)83/h23-24,29-32,35-36,38-39,44-47,50-51H,17-22,25-28,65H2,1-16H3,(H,67,82)(H,68,83)(H,69,80)(H,70,81). The van der Waals surface area contributed by atoms with Gasteiger partial charge in [0, 0.05) is 46.8 Å². The maximum atomic E-state index is 15.2. The predicted molar refractivity (Wildman–Crippen MR) is 335 cm³/mol. The molecule has 5 heterocycles. The van der Waals surface area contributed by atoms with Crippen LogP contribution >= 0.6 is 0 Å². The van der Waals surface area contributed by atoms with Gasteiger partial charge in [-0.25, -0.2) is 14.6 Å². The van der Waals surface area contributed by atoms with Gasteiger partial charge in [0.25, 0.3) is 11.8 Å². The van der Waals surface area contributed by atoms with Crippen LogP contribution in [-0.4, -0.2) is 220 Å². The van der Waals surface area contributed by atoms with E-state index in [0.717, 1.165) is 9.80 Å². The summed E-state index contributed by atoms with van der Waals surface area (Å²) in [6.45, 7) is 18.4. The number of fused-ring (bicyclic) bond motifs is 4. The van der Waals surface area contributed by atoms with Crippen molar-refractivity contribution in [2.75, 3.05) is 60.1 Å². The number of nitrogen functional groups attached to an aromatic ring is 1. The molecule has 0 aromatic heterocycles. The highest BCUT2D eigenvalue weighted by atomic mass is 16.6. The number of benzene rings is 2. The quantitative estimate of drug-likeness (QED) is 0.121. The summed E-state index contributed by atoms with van der Waals surface area (Å²) in [5.74, 6) is -12.3. The molecule has 4 saturated heterocycles. The Hall–Kier alpha value is -8.72. The van der Waals surface area contributed by atoms with Crippen molar-refractivity contribution in [3.63, 3.8) is 0 Å². The number of rotatable bonds is 8. The zero-order valence-corrected chi connectivity index (χ0v) is 55.5. The number of hydrogen-bond acceptors (Lipinski definition) is 18. The molecule has 10 atom stereocenters. The van der Waals surface area contributed by atoms with Gasteiger partial charge in [0.15, 0.2) is 11.3 Å². The average Bonchev–Trinajstić information content (AvgIpc) is 0.741. The van der Waals surface area contributed by atoms with Crippen LogP contribution in [0.15, 0.2) is 21.3 Å². The summed E-state index contributed by atoms with van der Waals surface area (Å²) in [6, 6.07) is -7.93. The van der Waals surface area contributed by atoms with Crippen LogP contribution in [0, 0.1) is 37.5 Å². The molecule has 0 bridgehead atoms. The maximum Gasteiger partial charge on any atom is 0.329 e. The van der Waals surface area contributed by atoms with Crippen LogP contribution in [-0.2, 0) is 57.4 Å². The van der Waals surface area contributed by atoms with Crippen LogP contribution in [0.4, 0.5) is 5.69 Å². The zero-order chi connectivity index (χ0) is 68.4. The molecule has 0 saturated carbocycles. The molecular formula is C64H90N12O16. The third-order valence-electron chi connectivity index (χ3n) is 18.0. The fourth-order valence-corrected chi connectivity index (χ4v) is 12.6. The lowest BCUT2D eigenvalue weighted by Crippen LogP contribution is -2.63. The number of carbonyl (C=O) groups excluding carboxylic acids is 12. The number of likely N-dealkylation sites (N-methyl/N-ethyl adjacent to an activating group) is 4. The number of ether oxygens (including phenoxy) is 2. The summed E-state index contributed by atoms with van der Waals surface area (Å²) >= 11 is 0. The molecular weight excluding hydrogens is 1190 g/mol. The first-order valence-electron chi connectivity index (χ1n) is 31.5. The molecule has 92 heavy (non-hydrogen) atoms. The molecule has 5 aliphatic heterocycles. The number of nitrogens with two attached hydrogens (primary N) is 1. The van der Waals surface area contributed by atoms with E-state index in [2.05, 4.69) is 21.3 Å². The molecule has 7 rings (SSSR count). The van der Waals surface area contributed by atoms with Gasteiger partial charge < -0.3 is 70.3 Å². The number of carbonyl (C=O) groups is 12. The summed E-state index contributed by atoms with van der Waals surface area (Å²) in [5, 5.41) is 10.8. The molecule has 0 spiro atoms. The van der Waals surface area contributed by atoms with E-state index in [0.29, 0.717) is 31.2 Å². The molecule has 1 aromatic rings. The van der Waals surface area contributed by atoms with Gasteiger partial charge in [0.2, 0.25) is 52.7 Å². The lowest BCUT2D eigenvalue weighted by Gasteiger charge is -2.40. The highest BCUT2D eigenvalue weighted by Gasteiger charge is 2.46. The third-order valence-corrected chi connectivity index (χ3v) is 18.0. The van der Waals surface area contributed by atoms with Crippen molar-refractivity contribution in [1.82, 2.24) is 55.7 Å². The Kier molecular flexibility index (Phi) is 22.2. The molecule has 1 aliphatic carbocycles. The van der Waals surface area contributed by atoms with E-state index in [-0.39, 0.29) is 53.9 Å². The number of esters is 2. The molecule has 28 nitrogen and oxygen atoms in total. The fraction of sp³-hybridized carbons (Fsp3) is 0.625. The van der Waals surface area contributed by atoms with Crippen LogP contribution in [0.2, 0.25) is 0 Å². The Morgan fingerprint density at radius 2 is 1.02 bits per heavy atom. The SMILES string of the molecule is Cc1c2oc3c(C)ccc(C(=O)NC4C(=O)NC(C(C)C)C(=O)N5CCCCC5C(=O)N(C)CC(=O)N(C)C(C(C)C)C(=O)OC4C)c3nc-2c(C(=O)NC2C(=O)NC(C(C)C)C(=O)N3CCCCC3C(=O)N(C)CC(=O)N(C)C(C(C)C)C(=O)OC2C)c(N)c1=O. The van der Waals surface area contributed by atoms with E-state index in [1.165, 1.54) is 80.7 Å². The lowest BCUT2D eigenvalue weighted by molar-refractivity contribution is -0.163. The van der Waals surface area contributed by atoms with Gasteiger partial charge in [-0.2, -0.15) is 0 Å². The molecule has 0 radical (unpaired) electrons. The van der Waals surface area contributed by atoms with E-state index in [1.807, 2.05) is 0 Å². The Balaban J connectivity index is 1.33. The molecule has 10 unspecified atom stereocenters. The minimum atomic E-state index is -1.89. The number of hydrogen-bond donors (Lipinski definition) is 5. The Labute approximate surface area is 535 Å². The Morgan fingerprint density at radius 1 is 0.598 bits per heavy atom. The van der Waals surface area contributed by atoms with Crippen LogP contribution in [0.25, 0.3) is 22.6 Å². The van der Waals surface area contributed by atoms with Gasteiger partial charge in [-0.3, -0.25) is 52.7 Å². The van der Waals surface area contributed by atoms with Crippen molar-refractivity contribution in [3.8, 4) is 11.5 Å². The molecule has 28 heteroatoms. The van der Waals surface area contributed by atoms with Gasteiger partial charge in [-0.15, -0.1) is 0 Å². The summed E-state index contributed by atoms with van der Waals surface area (Å²) in [6.07, 6.45) is -0.253. The van der Waals surface area contributed by atoms with Crippen LogP contribution in [0.3, 0.4) is 0 Å². The molecule has 1 aromatic carbocycles. The monoisotopic (exact) mass is 1280 g/mol. The number of anilines is 1. The second-order valence-electron chi connectivity index (χ2n) is 26.3. The average molecular weight is 1280 g/mol. The Morgan fingerprint density at radius 3 is 1.43 bits per heavy atom. The highest BCUT2D eigenvalue weighted by molar-refractivity contribution is 6.10. The summed E-state index contributed by atoms with van der Waals surface area (Å²) in [7, 11) is 5.62.